The highest BCUT2D eigenvalue weighted by molar-refractivity contribution is 5.79. The molecule has 6 nitrogen and oxygen atoms in total. The van der Waals surface area contributed by atoms with Crippen molar-refractivity contribution in [2.45, 2.75) is 56.2 Å². The van der Waals surface area contributed by atoms with Crippen LogP contribution in [-0.4, -0.2) is 72.4 Å². The second-order valence-electron chi connectivity index (χ2n) is 6.52. The summed E-state index contributed by atoms with van der Waals surface area (Å²) in [6.45, 7) is 0.923. The number of amides is 1. The molecule has 124 valence electrons. The van der Waals surface area contributed by atoms with Crippen LogP contribution in [0.2, 0.25) is 0 Å². The number of carbonyl (C=O) groups is 1. The summed E-state index contributed by atoms with van der Waals surface area (Å²) in [5, 5.41) is 19.1. The van der Waals surface area contributed by atoms with Gasteiger partial charge >= 0.3 is 0 Å². The normalized spacial score (nSPS) is 28.3. The molecule has 1 aliphatic carbocycles. The molecule has 0 aromatic rings. The summed E-state index contributed by atoms with van der Waals surface area (Å²) in [6, 6.07) is 2.35. The van der Waals surface area contributed by atoms with Crippen LogP contribution in [0.4, 0.5) is 0 Å². The fraction of sp³-hybridized carbons (Fsp3) is 0.875. The number of carbonyl (C=O) groups excluding carboxylic acids is 1. The number of ether oxygens (including phenoxy) is 1. The lowest BCUT2D eigenvalue weighted by molar-refractivity contribution is -0.136. The van der Waals surface area contributed by atoms with Crippen LogP contribution >= 0.6 is 0 Å². The molecule has 2 aliphatic rings. The van der Waals surface area contributed by atoms with Gasteiger partial charge in [-0.25, -0.2) is 0 Å². The number of hydrogen-bond donors (Lipinski definition) is 1. The number of rotatable bonds is 5. The quantitative estimate of drug-likeness (QED) is 0.811. The van der Waals surface area contributed by atoms with Crippen molar-refractivity contribution in [1.29, 1.82) is 5.26 Å². The summed E-state index contributed by atoms with van der Waals surface area (Å²) in [7, 11) is 3.40. The number of aliphatic hydroxyl groups is 1. The lowest BCUT2D eigenvalue weighted by Crippen LogP contribution is -2.53. The van der Waals surface area contributed by atoms with Crippen molar-refractivity contribution in [3.8, 4) is 6.07 Å². The van der Waals surface area contributed by atoms with E-state index in [4.69, 9.17) is 4.74 Å². The number of aliphatic hydroxyl groups excluding tert-OH is 1. The molecule has 1 heterocycles. The summed E-state index contributed by atoms with van der Waals surface area (Å²) in [6.07, 6.45) is 5.47. The molecule has 1 amide bonds. The molecule has 2 atom stereocenters. The Bertz CT molecular complexity index is 429. The van der Waals surface area contributed by atoms with E-state index in [-0.39, 0.29) is 31.2 Å². The average Bonchev–Trinajstić information content (AvgIpc) is 2.96. The monoisotopic (exact) mass is 309 g/mol. The first kappa shape index (κ1) is 17.2. The summed E-state index contributed by atoms with van der Waals surface area (Å²) < 4.78 is 5.34. The Morgan fingerprint density at radius 1 is 1.45 bits per heavy atom. The molecule has 1 saturated carbocycles. The van der Waals surface area contributed by atoms with Crippen LogP contribution in [0.3, 0.4) is 0 Å². The minimum Gasteiger partial charge on any atom is -0.395 e. The van der Waals surface area contributed by atoms with Gasteiger partial charge in [-0.2, -0.15) is 5.26 Å². The molecular formula is C16H27N3O3. The highest BCUT2D eigenvalue weighted by atomic mass is 16.5. The Kier molecular flexibility index (Phi) is 5.79. The first-order valence-corrected chi connectivity index (χ1v) is 8.12. The summed E-state index contributed by atoms with van der Waals surface area (Å²) >= 11 is 0. The van der Waals surface area contributed by atoms with E-state index in [9.17, 15) is 15.2 Å². The smallest absolute Gasteiger partial charge is 0.237 e. The molecule has 2 fully saturated rings. The fourth-order valence-electron chi connectivity index (χ4n) is 3.67. The maximum absolute atomic E-state index is 12.6. The third kappa shape index (κ3) is 3.43. The molecule has 1 N–H and O–H groups in total. The predicted octanol–water partition coefficient (Wildman–Crippen LogP) is 0.753. The molecule has 1 aliphatic heterocycles. The lowest BCUT2D eigenvalue weighted by Gasteiger charge is -2.40. The van der Waals surface area contributed by atoms with Crippen molar-refractivity contribution in [3.05, 3.63) is 0 Å². The standard InChI is InChI=1S/C16H27N3O3/c1-18(16(12-17)6-4-3-5-7-16)15(21)10-19-9-14(22-2)8-13(19)11-20/h13-14,20H,3-11H2,1-2H3/t13-,14+/m0/s1. The van der Waals surface area contributed by atoms with Crippen molar-refractivity contribution < 1.29 is 14.6 Å². The maximum atomic E-state index is 12.6. The Morgan fingerprint density at radius 3 is 2.68 bits per heavy atom. The van der Waals surface area contributed by atoms with E-state index in [0.717, 1.165) is 38.5 Å². The molecule has 0 bridgehead atoms. The van der Waals surface area contributed by atoms with Gasteiger partial charge in [0.15, 0.2) is 0 Å². The zero-order chi connectivity index (χ0) is 16.2. The van der Waals surface area contributed by atoms with E-state index >= 15 is 0 Å². The van der Waals surface area contributed by atoms with Crippen LogP contribution in [0.25, 0.3) is 0 Å². The van der Waals surface area contributed by atoms with Gasteiger partial charge in [0.1, 0.15) is 5.54 Å². The molecule has 0 spiro atoms. The van der Waals surface area contributed by atoms with Crippen LogP contribution < -0.4 is 0 Å². The number of nitrogens with zero attached hydrogens (tertiary/aromatic N) is 3. The Hall–Kier alpha value is -1.16. The van der Waals surface area contributed by atoms with Crippen LogP contribution in [0.15, 0.2) is 0 Å². The van der Waals surface area contributed by atoms with Gasteiger partial charge in [-0.05, 0) is 19.3 Å². The highest BCUT2D eigenvalue weighted by Crippen LogP contribution is 2.32. The minimum atomic E-state index is -0.648. The second-order valence-corrected chi connectivity index (χ2v) is 6.52. The van der Waals surface area contributed by atoms with Gasteiger partial charge in [0.2, 0.25) is 5.91 Å². The lowest BCUT2D eigenvalue weighted by atomic mass is 9.81. The van der Waals surface area contributed by atoms with Crippen molar-refractivity contribution >= 4 is 5.91 Å². The molecule has 6 heteroatoms. The number of methoxy groups -OCH3 is 1. The van der Waals surface area contributed by atoms with Crippen molar-refractivity contribution in [3.63, 3.8) is 0 Å². The van der Waals surface area contributed by atoms with Gasteiger partial charge in [-0.15, -0.1) is 0 Å². The molecule has 1 saturated heterocycles. The SMILES string of the molecule is CO[C@@H]1C[C@@H](CO)N(CC(=O)N(C)C2(C#N)CCCCC2)C1. The van der Waals surface area contributed by atoms with Gasteiger partial charge < -0.3 is 14.7 Å². The van der Waals surface area contributed by atoms with Gasteiger partial charge in [0.25, 0.3) is 0 Å². The van der Waals surface area contributed by atoms with E-state index in [1.807, 2.05) is 4.90 Å². The summed E-state index contributed by atoms with van der Waals surface area (Å²) in [5.74, 6) is -0.0429. The predicted molar refractivity (Wildman–Crippen MR) is 82.1 cm³/mol. The molecule has 22 heavy (non-hydrogen) atoms. The van der Waals surface area contributed by atoms with Gasteiger partial charge in [0, 0.05) is 26.7 Å². The highest BCUT2D eigenvalue weighted by Gasteiger charge is 2.40. The Morgan fingerprint density at radius 2 is 2.14 bits per heavy atom. The zero-order valence-corrected chi connectivity index (χ0v) is 13.6. The van der Waals surface area contributed by atoms with E-state index < -0.39 is 5.54 Å². The Labute approximate surface area is 132 Å². The van der Waals surface area contributed by atoms with Crippen LogP contribution in [0, 0.1) is 11.3 Å². The van der Waals surface area contributed by atoms with E-state index in [0.29, 0.717) is 6.54 Å². The van der Waals surface area contributed by atoms with Crippen LogP contribution in [0.5, 0.6) is 0 Å². The first-order valence-electron chi connectivity index (χ1n) is 8.12. The van der Waals surface area contributed by atoms with Gasteiger partial charge in [0.05, 0.1) is 25.3 Å². The molecule has 2 rings (SSSR count). The fourth-order valence-corrected chi connectivity index (χ4v) is 3.67. The largest absolute Gasteiger partial charge is 0.395 e. The second kappa shape index (κ2) is 7.40. The summed E-state index contributed by atoms with van der Waals surface area (Å²) in [4.78, 5) is 16.2. The van der Waals surface area contributed by atoms with E-state index in [2.05, 4.69) is 6.07 Å². The van der Waals surface area contributed by atoms with E-state index in [1.165, 1.54) is 0 Å². The van der Waals surface area contributed by atoms with Gasteiger partial charge in [-0.1, -0.05) is 19.3 Å². The van der Waals surface area contributed by atoms with Crippen molar-refractivity contribution in [2.75, 3.05) is 33.9 Å². The third-order valence-electron chi connectivity index (χ3n) is 5.28. The topological polar surface area (TPSA) is 76.8 Å². The van der Waals surface area contributed by atoms with Gasteiger partial charge in [-0.3, -0.25) is 9.69 Å². The number of hydrogen-bond acceptors (Lipinski definition) is 5. The molecule has 0 unspecified atom stereocenters. The maximum Gasteiger partial charge on any atom is 0.237 e. The first-order chi connectivity index (χ1) is 10.6. The minimum absolute atomic E-state index is 0.0280. The number of nitriles is 1. The molecule has 0 aromatic carbocycles. The van der Waals surface area contributed by atoms with Crippen LogP contribution in [0.1, 0.15) is 38.5 Å². The third-order valence-corrected chi connectivity index (χ3v) is 5.28. The van der Waals surface area contributed by atoms with Crippen molar-refractivity contribution in [2.24, 2.45) is 0 Å². The van der Waals surface area contributed by atoms with Crippen molar-refractivity contribution in [1.82, 2.24) is 9.80 Å². The average molecular weight is 309 g/mol. The zero-order valence-electron chi connectivity index (χ0n) is 13.6. The molecular weight excluding hydrogens is 282 g/mol. The molecule has 0 aromatic heterocycles. The number of likely N-dealkylation sites (tertiary alicyclic amines) is 1. The van der Waals surface area contributed by atoms with E-state index in [1.54, 1.807) is 19.1 Å². The Balaban J connectivity index is 2.00. The summed E-state index contributed by atoms with van der Waals surface area (Å²) in [5.41, 5.74) is -0.648. The van der Waals surface area contributed by atoms with Crippen LogP contribution in [-0.2, 0) is 9.53 Å². The number of likely N-dealkylation sites (N-methyl/N-ethyl adjacent to an activating group) is 1. The molecule has 0 radical (unpaired) electrons.